The third-order valence-corrected chi connectivity index (χ3v) is 3.26. The number of carbonyl (C=O) groups is 1. The Morgan fingerprint density at radius 1 is 1.52 bits per heavy atom. The van der Waals surface area contributed by atoms with E-state index in [1.54, 1.807) is 6.07 Å². The van der Waals surface area contributed by atoms with Gasteiger partial charge in [0.25, 0.3) is 5.91 Å². The molecule has 0 aliphatic carbocycles. The van der Waals surface area contributed by atoms with Crippen LogP contribution in [0.2, 0.25) is 0 Å². The van der Waals surface area contributed by atoms with Crippen molar-refractivity contribution in [1.82, 2.24) is 5.32 Å². The van der Waals surface area contributed by atoms with Crippen molar-refractivity contribution in [2.24, 2.45) is 5.92 Å². The van der Waals surface area contributed by atoms with Crippen LogP contribution in [0.15, 0.2) is 18.2 Å². The smallest absolute Gasteiger partial charge is 0.254 e. The predicted molar refractivity (Wildman–Crippen MR) is 76.2 cm³/mol. The summed E-state index contributed by atoms with van der Waals surface area (Å²) in [6.07, 6.45) is 1.26. The molecule has 2 rings (SSSR count). The van der Waals surface area contributed by atoms with Gasteiger partial charge in [0.2, 0.25) is 0 Å². The highest BCUT2D eigenvalue weighted by Crippen LogP contribution is 2.13. The van der Waals surface area contributed by atoms with Crippen LogP contribution in [0.4, 0.5) is 4.39 Å². The Bertz CT molecular complexity index is 556. The first-order valence-corrected chi connectivity index (χ1v) is 6.96. The van der Waals surface area contributed by atoms with Crippen molar-refractivity contribution in [3.05, 3.63) is 35.1 Å². The zero-order chi connectivity index (χ0) is 15.1. The fourth-order valence-electron chi connectivity index (χ4n) is 2.07. The zero-order valence-corrected chi connectivity index (χ0v) is 11.7. The third-order valence-electron chi connectivity index (χ3n) is 3.26. The zero-order valence-electron chi connectivity index (χ0n) is 11.7. The molecule has 21 heavy (non-hydrogen) atoms. The lowest BCUT2D eigenvalue weighted by molar-refractivity contribution is 0.0941. The third kappa shape index (κ3) is 4.55. The van der Waals surface area contributed by atoms with Gasteiger partial charge in [0.1, 0.15) is 5.82 Å². The van der Waals surface area contributed by atoms with Crippen LogP contribution in [0.5, 0.6) is 0 Å². The van der Waals surface area contributed by atoms with Gasteiger partial charge in [-0.15, -0.1) is 0 Å². The van der Waals surface area contributed by atoms with Crippen LogP contribution in [0.3, 0.4) is 0 Å². The second kappa shape index (κ2) is 7.77. The number of hydrogen-bond donors (Lipinski definition) is 2. The monoisotopic (exact) mass is 291 g/mol. The van der Waals surface area contributed by atoms with E-state index >= 15 is 0 Å². The SMILES string of the molecule is O=C(NCC1CCOC1)c1ccc(C#CCCO)cc1F. The number of aliphatic hydroxyl groups excluding tert-OH is 1. The normalized spacial score (nSPS) is 17.1. The van der Waals surface area contributed by atoms with Crippen molar-refractivity contribution in [3.8, 4) is 11.8 Å². The fraction of sp³-hybridized carbons (Fsp3) is 0.438. The van der Waals surface area contributed by atoms with Crippen LogP contribution in [0, 0.1) is 23.6 Å². The molecule has 0 bridgehead atoms. The maximum atomic E-state index is 13.9. The lowest BCUT2D eigenvalue weighted by Crippen LogP contribution is -2.30. The molecule has 1 aromatic carbocycles. The van der Waals surface area contributed by atoms with Crippen molar-refractivity contribution >= 4 is 5.91 Å². The topological polar surface area (TPSA) is 58.6 Å². The standard InChI is InChI=1S/C16H18FNO3/c17-15-9-12(3-1-2-7-19)4-5-14(15)16(20)18-10-13-6-8-21-11-13/h4-5,9,13,19H,2,6-8,10-11H2,(H,18,20). The summed E-state index contributed by atoms with van der Waals surface area (Å²) in [5, 5.41) is 11.4. The summed E-state index contributed by atoms with van der Waals surface area (Å²) < 4.78 is 19.1. The summed E-state index contributed by atoms with van der Waals surface area (Å²) >= 11 is 0. The number of amides is 1. The number of benzene rings is 1. The Morgan fingerprint density at radius 3 is 3.05 bits per heavy atom. The van der Waals surface area contributed by atoms with Gasteiger partial charge < -0.3 is 15.2 Å². The van der Waals surface area contributed by atoms with Gasteiger partial charge in [0, 0.05) is 31.1 Å². The lowest BCUT2D eigenvalue weighted by atomic mass is 10.1. The Balaban J connectivity index is 1.96. The molecule has 1 amide bonds. The van der Waals surface area contributed by atoms with Gasteiger partial charge in [-0.2, -0.15) is 0 Å². The molecule has 2 N–H and O–H groups in total. The molecule has 112 valence electrons. The lowest BCUT2D eigenvalue weighted by Gasteiger charge is -2.10. The van der Waals surface area contributed by atoms with Gasteiger partial charge in [-0.05, 0) is 24.6 Å². The molecule has 0 radical (unpaired) electrons. The average Bonchev–Trinajstić information content (AvgIpc) is 2.98. The summed E-state index contributed by atoms with van der Waals surface area (Å²) in [5.41, 5.74) is 0.503. The van der Waals surface area contributed by atoms with Crippen LogP contribution in [0.25, 0.3) is 0 Å². The summed E-state index contributed by atoms with van der Waals surface area (Å²) in [6.45, 7) is 1.83. The minimum Gasteiger partial charge on any atom is -0.395 e. The second-order valence-electron chi connectivity index (χ2n) is 4.91. The molecule has 1 unspecified atom stereocenters. The van der Waals surface area contributed by atoms with Gasteiger partial charge in [-0.25, -0.2) is 4.39 Å². The number of halogens is 1. The van der Waals surface area contributed by atoms with E-state index < -0.39 is 11.7 Å². The first kappa shape index (κ1) is 15.5. The van der Waals surface area contributed by atoms with Crippen LogP contribution in [-0.2, 0) is 4.74 Å². The van der Waals surface area contributed by atoms with E-state index in [1.165, 1.54) is 12.1 Å². The largest absolute Gasteiger partial charge is 0.395 e. The van der Waals surface area contributed by atoms with Crippen molar-refractivity contribution in [3.63, 3.8) is 0 Å². The summed E-state index contributed by atoms with van der Waals surface area (Å²) in [7, 11) is 0. The van der Waals surface area contributed by atoms with E-state index in [4.69, 9.17) is 9.84 Å². The highest BCUT2D eigenvalue weighted by Gasteiger charge is 2.18. The molecule has 0 saturated carbocycles. The molecule has 0 aromatic heterocycles. The average molecular weight is 291 g/mol. The Labute approximate surface area is 123 Å². The number of rotatable bonds is 4. The van der Waals surface area contributed by atoms with E-state index in [0.29, 0.717) is 31.1 Å². The molecule has 4 nitrogen and oxygen atoms in total. The van der Waals surface area contributed by atoms with E-state index in [1.807, 2.05) is 0 Å². The van der Waals surface area contributed by atoms with E-state index in [-0.39, 0.29) is 12.2 Å². The van der Waals surface area contributed by atoms with Crippen LogP contribution in [-0.4, -0.2) is 37.4 Å². The first-order chi connectivity index (χ1) is 10.2. The number of hydrogen-bond acceptors (Lipinski definition) is 3. The van der Waals surface area contributed by atoms with Crippen molar-refractivity contribution < 1.29 is 19.0 Å². The van der Waals surface area contributed by atoms with Gasteiger partial charge in [0.15, 0.2) is 0 Å². The first-order valence-electron chi connectivity index (χ1n) is 6.96. The Morgan fingerprint density at radius 2 is 2.38 bits per heavy atom. The molecular formula is C16H18FNO3. The molecule has 1 heterocycles. The Kier molecular flexibility index (Phi) is 5.73. The molecular weight excluding hydrogens is 273 g/mol. The highest BCUT2D eigenvalue weighted by molar-refractivity contribution is 5.94. The van der Waals surface area contributed by atoms with Crippen molar-refractivity contribution in [2.45, 2.75) is 12.8 Å². The molecule has 5 heteroatoms. The highest BCUT2D eigenvalue weighted by atomic mass is 19.1. The van der Waals surface area contributed by atoms with Gasteiger partial charge in [-0.3, -0.25) is 4.79 Å². The molecule has 1 atom stereocenters. The number of ether oxygens (including phenoxy) is 1. The predicted octanol–water partition coefficient (Wildman–Crippen LogP) is 1.33. The van der Waals surface area contributed by atoms with E-state index in [0.717, 1.165) is 13.0 Å². The van der Waals surface area contributed by atoms with Gasteiger partial charge in [-0.1, -0.05) is 11.8 Å². The number of aliphatic hydroxyl groups is 1. The number of nitrogens with one attached hydrogen (secondary N) is 1. The maximum absolute atomic E-state index is 13.9. The van der Waals surface area contributed by atoms with Crippen LogP contribution in [0.1, 0.15) is 28.8 Å². The Hall–Kier alpha value is -1.90. The molecule has 1 aliphatic rings. The van der Waals surface area contributed by atoms with E-state index in [2.05, 4.69) is 17.2 Å². The summed E-state index contributed by atoms with van der Waals surface area (Å²) in [4.78, 5) is 11.9. The van der Waals surface area contributed by atoms with Gasteiger partial charge >= 0.3 is 0 Å². The fourth-order valence-corrected chi connectivity index (χ4v) is 2.07. The number of carbonyl (C=O) groups excluding carboxylic acids is 1. The minimum absolute atomic E-state index is 0.0154. The van der Waals surface area contributed by atoms with Crippen molar-refractivity contribution in [2.75, 3.05) is 26.4 Å². The second-order valence-corrected chi connectivity index (χ2v) is 4.91. The van der Waals surface area contributed by atoms with Crippen LogP contribution >= 0.6 is 0 Å². The summed E-state index contributed by atoms with van der Waals surface area (Å²) in [5.74, 6) is 4.73. The van der Waals surface area contributed by atoms with E-state index in [9.17, 15) is 9.18 Å². The van der Waals surface area contributed by atoms with Crippen molar-refractivity contribution in [1.29, 1.82) is 0 Å². The molecule has 1 aliphatic heterocycles. The molecule has 1 saturated heterocycles. The molecule has 1 fully saturated rings. The quantitative estimate of drug-likeness (QED) is 0.823. The van der Waals surface area contributed by atoms with Crippen LogP contribution < -0.4 is 5.32 Å². The summed E-state index contributed by atoms with van der Waals surface area (Å²) in [6, 6.07) is 4.26. The minimum atomic E-state index is -0.592. The molecule has 1 aromatic rings. The van der Waals surface area contributed by atoms with Gasteiger partial charge in [0.05, 0.1) is 18.8 Å². The maximum Gasteiger partial charge on any atom is 0.254 e. The molecule has 0 spiro atoms.